The number of nitrogens with one attached hydrogen (secondary N) is 2. The second-order valence-corrected chi connectivity index (χ2v) is 6.99. The zero-order valence-electron chi connectivity index (χ0n) is 16.8. The largest absolute Gasteiger partial charge is 0.348 e. The van der Waals surface area contributed by atoms with Crippen LogP contribution < -0.4 is 5.43 Å². The van der Waals surface area contributed by atoms with Crippen LogP contribution in [-0.2, 0) is 16.1 Å². The van der Waals surface area contributed by atoms with E-state index in [-0.39, 0.29) is 24.7 Å². The highest BCUT2D eigenvalue weighted by Gasteiger charge is 2.17. The lowest BCUT2D eigenvalue weighted by atomic mass is 10.1. The van der Waals surface area contributed by atoms with Crippen molar-refractivity contribution in [1.29, 1.82) is 0 Å². The first kappa shape index (κ1) is 22.2. The maximum atomic E-state index is 12.6. The molecule has 1 heterocycles. The molecule has 0 fully saturated rings. The lowest BCUT2D eigenvalue weighted by Gasteiger charge is -2.22. The third kappa shape index (κ3) is 8.99. The number of aromatic amines is 1. The molecule has 0 aliphatic heterocycles. The van der Waals surface area contributed by atoms with Gasteiger partial charge in [0.2, 0.25) is 11.8 Å². The summed E-state index contributed by atoms with van der Waals surface area (Å²) < 4.78 is 0. The molecule has 7 heteroatoms. The fourth-order valence-electron chi connectivity index (χ4n) is 2.79. The minimum Gasteiger partial charge on any atom is -0.348 e. The van der Waals surface area contributed by atoms with Crippen LogP contribution in [0.15, 0.2) is 6.33 Å². The molecule has 1 aromatic rings. The Morgan fingerprint density at radius 3 is 2.42 bits per heavy atom. The van der Waals surface area contributed by atoms with Crippen molar-refractivity contribution in [2.24, 2.45) is 0 Å². The van der Waals surface area contributed by atoms with Gasteiger partial charge in [0, 0.05) is 39.2 Å². The first-order valence-electron chi connectivity index (χ1n) is 9.67. The Balaban J connectivity index is 2.51. The summed E-state index contributed by atoms with van der Waals surface area (Å²) in [4.78, 5) is 33.6. The Bertz CT molecular complexity index is 542. The molecular formula is C19H35N5O2. The number of H-pyrrole nitrogens is 1. The van der Waals surface area contributed by atoms with Gasteiger partial charge < -0.3 is 9.88 Å². The van der Waals surface area contributed by atoms with Gasteiger partial charge in [0.25, 0.3) is 0 Å². The van der Waals surface area contributed by atoms with Crippen molar-refractivity contribution in [3.05, 3.63) is 17.7 Å². The van der Waals surface area contributed by atoms with E-state index in [1.165, 1.54) is 25.7 Å². The van der Waals surface area contributed by atoms with Crippen LogP contribution in [0.1, 0.15) is 69.7 Å². The Labute approximate surface area is 157 Å². The number of amides is 2. The van der Waals surface area contributed by atoms with Gasteiger partial charge in [0.05, 0.1) is 18.6 Å². The molecule has 1 aromatic heterocycles. The smallest absolute Gasteiger partial charge is 0.234 e. The third-order valence-electron chi connectivity index (χ3n) is 4.32. The van der Waals surface area contributed by atoms with Crippen molar-refractivity contribution >= 4 is 11.8 Å². The molecule has 0 spiro atoms. The lowest BCUT2D eigenvalue weighted by molar-refractivity contribution is -0.135. The zero-order valence-corrected chi connectivity index (χ0v) is 16.8. The molecule has 0 unspecified atom stereocenters. The number of rotatable bonds is 13. The Hall–Kier alpha value is -1.89. The van der Waals surface area contributed by atoms with E-state index in [9.17, 15) is 9.59 Å². The van der Waals surface area contributed by atoms with Gasteiger partial charge in [-0.05, 0) is 13.3 Å². The molecule has 0 saturated heterocycles. The molecule has 26 heavy (non-hydrogen) atoms. The van der Waals surface area contributed by atoms with Crippen molar-refractivity contribution in [2.45, 2.75) is 71.8 Å². The number of unbranched alkanes of at least 4 members (excludes halogenated alkanes) is 5. The normalized spacial score (nSPS) is 11.0. The number of imidazole rings is 1. The van der Waals surface area contributed by atoms with Crippen LogP contribution in [-0.4, -0.2) is 52.3 Å². The molecule has 0 saturated carbocycles. The first-order chi connectivity index (χ1) is 12.4. The minimum atomic E-state index is -0.140. The molecule has 0 bridgehead atoms. The topological polar surface area (TPSA) is 81.3 Å². The molecule has 0 aliphatic rings. The van der Waals surface area contributed by atoms with E-state index in [2.05, 4.69) is 22.3 Å². The predicted octanol–water partition coefficient (Wildman–Crippen LogP) is 2.78. The number of carbonyl (C=O) groups excluding carboxylic acids is 2. The highest BCUT2D eigenvalue weighted by Crippen LogP contribution is 2.11. The molecule has 0 aromatic carbocycles. The van der Waals surface area contributed by atoms with Crippen LogP contribution in [0.3, 0.4) is 0 Å². The van der Waals surface area contributed by atoms with E-state index < -0.39 is 0 Å². The van der Waals surface area contributed by atoms with Gasteiger partial charge in [-0.25, -0.2) is 9.99 Å². The van der Waals surface area contributed by atoms with Crippen LogP contribution in [0.4, 0.5) is 0 Å². The maximum Gasteiger partial charge on any atom is 0.234 e. The number of aryl methyl sites for hydroxylation is 1. The standard InChI is InChI=1S/C19H35N5O2/c1-5-6-7-8-9-10-13-24(14-17-16(2)20-15-21-17)19(26)12-11-18(25)22-23(3)4/h15H,5-14H2,1-4H3,(H,20,21)(H,22,25). The van der Waals surface area contributed by atoms with E-state index in [4.69, 9.17) is 0 Å². The SMILES string of the molecule is CCCCCCCCN(Cc1nc[nH]c1C)C(=O)CCC(=O)NN(C)C. The molecule has 148 valence electrons. The van der Waals surface area contributed by atoms with Gasteiger partial charge in [-0.2, -0.15) is 0 Å². The van der Waals surface area contributed by atoms with Crippen LogP contribution in [0.5, 0.6) is 0 Å². The summed E-state index contributed by atoms with van der Waals surface area (Å²) in [6.45, 7) is 5.38. The van der Waals surface area contributed by atoms with Gasteiger partial charge in [-0.15, -0.1) is 0 Å². The molecule has 2 amide bonds. The fourth-order valence-corrected chi connectivity index (χ4v) is 2.79. The molecule has 0 aliphatic carbocycles. The second-order valence-electron chi connectivity index (χ2n) is 6.99. The minimum absolute atomic E-state index is 0.00913. The highest BCUT2D eigenvalue weighted by atomic mass is 16.2. The summed E-state index contributed by atoms with van der Waals surface area (Å²) in [6.07, 6.45) is 9.17. The van der Waals surface area contributed by atoms with Gasteiger partial charge in [-0.3, -0.25) is 15.0 Å². The number of aromatic nitrogens is 2. The van der Waals surface area contributed by atoms with E-state index in [1.807, 2.05) is 11.8 Å². The lowest BCUT2D eigenvalue weighted by Crippen LogP contribution is -2.37. The molecule has 1 rings (SSSR count). The number of hydrazine groups is 1. The average molecular weight is 366 g/mol. The number of carbonyl (C=O) groups is 2. The molecule has 0 radical (unpaired) electrons. The predicted molar refractivity (Wildman–Crippen MR) is 103 cm³/mol. The first-order valence-corrected chi connectivity index (χ1v) is 9.67. The van der Waals surface area contributed by atoms with Gasteiger partial charge >= 0.3 is 0 Å². The van der Waals surface area contributed by atoms with Crippen LogP contribution in [0.2, 0.25) is 0 Å². The van der Waals surface area contributed by atoms with E-state index in [0.29, 0.717) is 13.1 Å². The quantitative estimate of drug-likeness (QED) is 0.416. The summed E-state index contributed by atoms with van der Waals surface area (Å²) in [6, 6.07) is 0. The monoisotopic (exact) mass is 365 g/mol. The Morgan fingerprint density at radius 1 is 1.12 bits per heavy atom. The molecular weight excluding hydrogens is 330 g/mol. The Morgan fingerprint density at radius 2 is 1.81 bits per heavy atom. The van der Waals surface area contributed by atoms with Crippen molar-refractivity contribution in [3.8, 4) is 0 Å². The summed E-state index contributed by atoms with van der Waals surface area (Å²) in [7, 11) is 3.51. The summed E-state index contributed by atoms with van der Waals surface area (Å²) in [5.41, 5.74) is 4.54. The van der Waals surface area contributed by atoms with E-state index in [0.717, 1.165) is 24.2 Å². The second kappa shape index (κ2) is 12.5. The third-order valence-corrected chi connectivity index (χ3v) is 4.32. The Kier molecular flexibility index (Phi) is 10.6. The summed E-state index contributed by atoms with van der Waals surface area (Å²) in [5.74, 6) is -0.131. The number of hydrogen-bond donors (Lipinski definition) is 2. The zero-order chi connectivity index (χ0) is 19.4. The fraction of sp³-hybridized carbons (Fsp3) is 0.737. The maximum absolute atomic E-state index is 12.6. The van der Waals surface area contributed by atoms with Crippen molar-refractivity contribution in [2.75, 3.05) is 20.6 Å². The summed E-state index contributed by atoms with van der Waals surface area (Å²) >= 11 is 0. The summed E-state index contributed by atoms with van der Waals surface area (Å²) in [5, 5.41) is 1.59. The molecule has 7 nitrogen and oxygen atoms in total. The van der Waals surface area contributed by atoms with Crippen molar-refractivity contribution < 1.29 is 9.59 Å². The van der Waals surface area contributed by atoms with Crippen molar-refractivity contribution in [1.82, 2.24) is 25.3 Å². The van der Waals surface area contributed by atoms with E-state index in [1.54, 1.807) is 25.4 Å². The van der Waals surface area contributed by atoms with Gasteiger partial charge in [0.15, 0.2) is 0 Å². The van der Waals surface area contributed by atoms with Crippen LogP contribution >= 0.6 is 0 Å². The average Bonchev–Trinajstić information content (AvgIpc) is 2.99. The van der Waals surface area contributed by atoms with Crippen molar-refractivity contribution in [3.63, 3.8) is 0 Å². The van der Waals surface area contributed by atoms with Gasteiger partial charge in [0.1, 0.15) is 0 Å². The van der Waals surface area contributed by atoms with Crippen LogP contribution in [0, 0.1) is 6.92 Å². The van der Waals surface area contributed by atoms with Crippen LogP contribution in [0.25, 0.3) is 0 Å². The molecule has 2 N–H and O–H groups in total. The number of hydrogen-bond acceptors (Lipinski definition) is 4. The van der Waals surface area contributed by atoms with Gasteiger partial charge in [-0.1, -0.05) is 39.0 Å². The van der Waals surface area contributed by atoms with E-state index >= 15 is 0 Å². The molecule has 0 atom stereocenters. The number of nitrogens with zero attached hydrogens (tertiary/aromatic N) is 3. The highest BCUT2D eigenvalue weighted by molar-refractivity contribution is 5.83.